The maximum absolute atomic E-state index is 12.9. The van der Waals surface area contributed by atoms with E-state index in [4.69, 9.17) is 4.42 Å². The van der Waals surface area contributed by atoms with Gasteiger partial charge in [-0.05, 0) is 42.8 Å². The highest BCUT2D eigenvalue weighted by Crippen LogP contribution is 2.38. The first-order valence-electron chi connectivity index (χ1n) is 7.24. The molecular formula is C17H12F6O3. The molecule has 140 valence electrons. The third kappa shape index (κ3) is 4.90. The van der Waals surface area contributed by atoms with Gasteiger partial charge in [-0.3, -0.25) is 0 Å². The van der Waals surface area contributed by atoms with E-state index >= 15 is 0 Å². The highest BCUT2D eigenvalue weighted by Gasteiger charge is 2.37. The molecule has 0 saturated heterocycles. The van der Waals surface area contributed by atoms with Crippen LogP contribution in [0.5, 0.6) is 0 Å². The molecule has 0 saturated carbocycles. The molecule has 0 fully saturated rings. The molecule has 9 heteroatoms. The van der Waals surface area contributed by atoms with Gasteiger partial charge in [0.25, 0.3) is 0 Å². The minimum atomic E-state index is -4.94. The lowest BCUT2D eigenvalue weighted by Gasteiger charge is -2.13. The fraction of sp³-hybridized carbons (Fsp3) is 0.235. The number of benzene rings is 1. The van der Waals surface area contributed by atoms with Crippen molar-refractivity contribution in [1.29, 1.82) is 0 Å². The van der Waals surface area contributed by atoms with Gasteiger partial charge in [0.2, 0.25) is 0 Å². The van der Waals surface area contributed by atoms with Crippen LogP contribution in [0.3, 0.4) is 0 Å². The summed E-state index contributed by atoms with van der Waals surface area (Å²) in [6, 6.07) is 2.45. The molecule has 0 spiro atoms. The normalized spacial score (nSPS) is 12.6. The first kappa shape index (κ1) is 19.6. The summed E-state index contributed by atoms with van der Waals surface area (Å²) >= 11 is 0. The van der Waals surface area contributed by atoms with Gasteiger partial charge < -0.3 is 9.15 Å². The van der Waals surface area contributed by atoms with E-state index in [0.717, 1.165) is 12.3 Å². The number of esters is 1. The zero-order valence-electron chi connectivity index (χ0n) is 13.2. The van der Waals surface area contributed by atoms with Crippen LogP contribution in [0.25, 0.3) is 17.2 Å². The standard InChI is InChI=1S/C17H12F6O3/c1-2-25-15(24)4-3-14-7-11(9-26-14)10-5-12(16(18,19)20)8-13(6-10)17(21,22)23/h3-9H,2H2,1H3. The largest absolute Gasteiger partial charge is 0.464 e. The average molecular weight is 378 g/mol. The van der Waals surface area contributed by atoms with Gasteiger partial charge in [-0.25, -0.2) is 4.79 Å². The van der Waals surface area contributed by atoms with Gasteiger partial charge in [0.05, 0.1) is 24.0 Å². The quantitative estimate of drug-likeness (QED) is 0.397. The molecule has 0 unspecified atom stereocenters. The van der Waals surface area contributed by atoms with Gasteiger partial charge in [-0.2, -0.15) is 26.3 Å². The Labute approximate surface area is 143 Å². The van der Waals surface area contributed by atoms with Crippen molar-refractivity contribution in [3.05, 3.63) is 53.5 Å². The van der Waals surface area contributed by atoms with Gasteiger partial charge in [-0.15, -0.1) is 0 Å². The van der Waals surface area contributed by atoms with Crippen LogP contribution in [0.4, 0.5) is 26.3 Å². The van der Waals surface area contributed by atoms with Crippen LogP contribution in [0.1, 0.15) is 23.8 Å². The summed E-state index contributed by atoms with van der Waals surface area (Å²) in [5.74, 6) is -0.595. The zero-order valence-corrected chi connectivity index (χ0v) is 13.2. The van der Waals surface area contributed by atoms with E-state index < -0.39 is 29.4 Å². The topological polar surface area (TPSA) is 39.4 Å². The molecule has 0 aliphatic rings. The van der Waals surface area contributed by atoms with Crippen molar-refractivity contribution in [3.8, 4) is 11.1 Å². The third-order valence-electron chi connectivity index (χ3n) is 3.21. The number of hydrogen-bond acceptors (Lipinski definition) is 3. The maximum Gasteiger partial charge on any atom is 0.416 e. The Balaban J connectivity index is 2.41. The predicted molar refractivity (Wildman–Crippen MR) is 79.8 cm³/mol. The van der Waals surface area contributed by atoms with E-state index in [1.54, 1.807) is 6.92 Å². The SMILES string of the molecule is CCOC(=O)C=Cc1cc(-c2cc(C(F)(F)F)cc(C(F)(F)F)c2)co1. The van der Waals surface area contributed by atoms with Crippen molar-refractivity contribution >= 4 is 12.0 Å². The number of alkyl halides is 6. The molecule has 0 aliphatic carbocycles. The van der Waals surface area contributed by atoms with Crippen LogP contribution in [-0.4, -0.2) is 12.6 Å². The number of ether oxygens (including phenoxy) is 1. The van der Waals surface area contributed by atoms with Gasteiger partial charge in [0.1, 0.15) is 5.76 Å². The van der Waals surface area contributed by atoms with Gasteiger partial charge in [0.15, 0.2) is 0 Å². The summed E-state index contributed by atoms with van der Waals surface area (Å²) in [7, 11) is 0. The van der Waals surface area contributed by atoms with Crippen LogP contribution in [0.2, 0.25) is 0 Å². The highest BCUT2D eigenvalue weighted by molar-refractivity contribution is 5.86. The molecule has 1 heterocycles. The van der Waals surface area contributed by atoms with Crippen molar-refractivity contribution < 1.29 is 40.3 Å². The van der Waals surface area contributed by atoms with Crippen molar-refractivity contribution in [2.45, 2.75) is 19.3 Å². The number of carbonyl (C=O) groups excluding carboxylic acids is 1. The second kappa shape index (κ2) is 7.27. The fourth-order valence-electron chi connectivity index (χ4n) is 2.05. The molecule has 0 atom stereocenters. The number of hydrogen-bond donors (Lipinski definition) is 0. The van der Waals surface area contributed by atoms with Gasteiger partial charge >= 0.3 is 18.3 Å². The van der Waals surface area contributed by atoms with Crippen LogP contribution < -0.4 is 0 Å². The number of halogens is 6. The molecule has 1 aromatic heterocycles. The maximum atomic E-state index is 12.9. The van der Waals surface area contributed by atoms with E-state index in [-0.39, 0.29) is 29.6 Å². The van der Waals surface area contributed by atoms with E-state index in [9.17, 15) is 31.1 Å². The molecule has 0 aliphatic heterocycles. The minimum absolute atomic E-state index is 0.00473. The van der Waals surface area contributed by atoms with Crippen molar-refractivity contribution in [2.75, 3.05) is 6.61 Å². The first-order valence-corrected chi connectivity index (χ1v) is 7.24. The Morgan fingerprint density at radius 2 is 1.58 bits per heavy atom. The second-order valence-corrected chi connectivity index (χ2v) is 5.12. The molecule has 2 aromatic rings. The Bertz CT molecular complexity index is 782. The van der Waals surface area contributed by atoms with Crippen LogP contribution in [-0.2, 0) is 21.9 Å². The smallest absolute Gasteiger partial charge is 0.416 e. The number of furan rings is 1. The lowest BCUT2D eigenvalue weighted by atomic mass is 10.0. The molecule has 1 aromatic carbocycles. The lowest BCUT2D eigenvalue weighted by molar-refractivity contribution is -0.143. The molecule has 0 radical (unpaired) electrons. The summed E-state index contributed by atoms with van der Waals surface area (Å²) < 4.78 is 87.0. The molecule has 26 heavy (non-hydrogen) atoms. The molecule has 0 amide bonds. The van der Waals surface area contributed by atoms with Crippen molar-refractivity contribution in [2.24, 2.45) is 0 Å². The number of carbonyl (C=O) groups is 1. The first-order chi connectivity index (χ1) is 12.0. The summed E-state index contributed by atoms with van der Waals surface area (Å²) in [4.78, 5) is 11.2. The minimum Gasteiger partial charge on any atom is -0.464 e. The Morgan fingerprint density at radius 3 is 2.08 bits per heavy atom. The summed E-state index contributed by atoms with van der Waals surface area (Å²) in [6.07, 6.45) is -6.65. The van der Waals surface area contributed by atoms with Crippen molar-refractivity contribution in [1.82, 2.24) is 0 Å². The monoisotopic (exact) mass is 378 g/mol. The lowest BCUT2D eigenvalue weighted by Crippen LogP contribution is -2.11. The number of rotatable bonds is 4. The predicted octanol–water partition coefficient (Wildman–Crippen LogP) is 5.56. The highest BCUT2D eigenvalue weighted by atomic mass is 19.4. The van der Waals surface area contributed by atoms with E-state index in [2.05, 4.69) is 4.74 Å². The molecule has 3 nitrogen and oxygen atoms in total. The average Bonchev–Trinajstić information content (AvgIpc) is 3.00. The Morgan fingerprint density at radius 1 is 1.00 bits per heavy atom. The molecule has 0 bridgehead atoms. The summed E-state index contributed by atoms with van der Waals surface area (Å²) in [6.45, 7) is 1.75. The van der Waals surface area contributed by atoms with E-state index in [0.29, 0.717) is 12.1 Å². The second-order valence-electron chi connectivity index (χ2n) is 5.12. The fourth-order valence-corrected chi connectivity index (χ4v) is 2.05. The van der Waals surface area contributed by atoms with E-state index in [1.807, 2.05) is 0 Å². The van der Waals surface area contributed by atoms with Crippen LogP contribution in [0.15, 0.2) is 41.0 Å². The summed E-state index contributed by atoms with van der Waals surface area (Å²) in [5, 5.41) is 0. The Kier molecular flexibility index (Phi) is 5.48. The van der Waals surface area contributed by atoms with Crippen molar-refractivity contribution in [3.63, 3.8) is 0 Å². The van der Waals surface area contributed by atoms with Gasteiger partial charge in [-0.1, -0.05) is 0 Å². The molecule has 0 N–H and O–H groups in total. The summed E-state index contributed by atoms with van der Waals surface area (Å²) in [5.41, 5.74) is -3.16. The van der Waals surface area contributed by atoms with E-state index in [1.165, 1.54) is 12.1 Å². The molecule has 2 rings (SSSR count). The van der Waals surface area contributed by atoms with Gasteiger partial charge in [0, 0.05) is 11.6 Å². The Hall–Kier alpha value is -2.71. The zero-order chi connectivity index (χ0) is 19.5. The van der Waals surface area contributed by atoms with Crippen LogP contribution in [0, 0.1) is 0 Å². The van der Waals surface area contributed by atoms with Crippen LogP contribution >= 0.6 is 0 Å². The third-order valence-corrected chi connectivity index (χ3v) is 3.21. The molecular weight excluding hydrogens is 366 g/mol.